The van der Waals surface area contributed by atoms with E-state index in [0.29, 0.717) is 46.2 Å². The molecule has 1 amide bonds. The summed E-state index contributed by atoms with van der Waals surface area (Å²) in [5, 5.41) is 7.72. The van der Waals surface area contributed by atoms with E-state index < -0.39 is 0 Å². The number of fused-ring (bicyclic) bond motifs is 1. The number of hydrogen-bond donors (Lipinski definition) is 1. The van der Waals surface area contributed by atoms with Crippen LogP contribution in [-0.2, 0) is 6.73 Å². The number of ether oxygens (including phenoxy) is 3. The first-order valence-electron chi connectivity index (χ1n) is 8.41. The van der Waals surface area contributed by atoms with Crippen LogP contribution in [-0.4, -0.2) is 28.9 Å². The second kappa shape index (κ2) is 8.00. The van der Waals surface area contributed by atoms with Gasteiger partial charge >= 0.3 is 0 Å². The third-order valence-electron chi connectivity index (χ3n) is 3.94. The molecule has 0 saturated carbocycles. The number of amides is 1. The van der Waals surface area contributed by atoms with Gasteiger partial charge in [0.15, 0.2) is 23.9 Å². The van der Waals surface area contributed by atoms with Crippen molar-refractivity contribution >= 4 is 34.8 Å². The number of anilines is 1. The van der Waals surface area contributed by atoms with Gasteiger partial charge in [-0.25, -0.2) is 4.68 Å². The molecule has 1 aliphatic rings. The van der Waals surface area contributed by atoms with Gasteiger partial charge in [0.05, 0.1) is 5.02 Å². The molecule has 1 aromatic heterocycles. The van der Waals surface area contributed by atoms with Crippen LogP contribution >= 0.6 is 23.2 Å². The maximum Gasteiger partial charge on any atom is 0.276 e. The number of carbonyl (C=O) groups excluding carboxylic acids is 1. The monoisotopic (exact) mass is 419 g/mol. The van der Waals surface area contributed by atoms with Gasteiger partial charge in [-0.3, -0.25) is 4.79 Å². The van der Waals surface area contributed by atoms with Gasteiger partial charge in [-0.15, -0.1) is 0 Å². The molecule has 3 aromatic rings. The van der Waals surface area contributed by atoms with Crippen LogP contribution in [0.3, 0.4) is 0 Å². The van der Waals surface area contributed by atoms with Gasteiger partial charge < -0.3 is 19.5 Å². The molecule has 2 aromatic carbocycles. The SMILES string of the molecule is O=C(Nc1ccc2c(c1)OCCO2)c1ccn(COc2cccc(Cl)c2Cl)n1. The van der Waals surface area contributed by atoms with Crippen molar-refractivity contribution in [3.05, 3.63) is 64.4 Å². The Morgan fingerprint density at radius 3 is 2.82 bits per heavy atom. The van der Waals surface area contributed by atoms with Crippen molar-refractivity contribution in [3.8, 4) is 17.2 Å². The molecule has 28 heavy (non-hydrogen) atoms. The lowest BCUT2D eigenvalue weighted by Crippen LogP contribution is -2.17. The van der Waals surface area contributed by atoms with Crippen molar-refractivity contribution in [2.45, 2.75) is 6.73 Å². The van der Waals surface area contributed by atoms with Gasteiger partial charge in [0.25, 0.3) is 5.91 Å². The molecule has 4 rings (SSSR count). The molecule has 1 aliphatic heterocycles. The van der Waals surface area contributed by atoms with Gasteiger partial charge in [-0.1, -0.05) is 29.3 Å². The number of nitrogens with one attached hydrogen (secondary N) is 1. The van der Waals surface area contributed by atoms with Crippen LogP contribution in [0.2, 0.25) is 10.0 Å². The summed E-state index contributed by atoms with van der Waals surface area (Å²) in [5.74, 6) is 1.34. The number of hydrogen-bond acceptors (Lipinski definition) is 5. The van der Waals surface area contributed by atoms with Crippen LogP contribution in [0.4, 0.5) is 5.69 Å². The average Bonchev–Trinajstić information content (AvgIpc) is 3.18. The topological polar surface area (TPSA) is 74.6 Å². The van der Waals surface area contributed by atoms with Gasteiger partial charge in [0.1, 0.15) is 24.0 Å². The fraction of sp³-hybridized carbons (Fsp3) is 0.158. The number of nitrogens with zero attached hydrogens (tertiary/aromatic N) is 2. The molecule has 0 unspecified atom stereocenters. The second-order valence-electron chi connectivity index (χ2n) is 5.88. The lowest BCUT2D eigenvalue weighted by atomic mass is 10.2. The summed E-state index contributed by atoms with van der Waals surface area (Å²) in [6.45, 7) is 1.07. The van der Waals surface area contributed by atoms with E-state index in [1.165, 1.54) is 4.68 Å². The van der Waals surface area contributed by atoms with Crippen molar-refractivity contribution < 1.29 is 19.0 Å². The quantitative estimate of drug-likeness (QED) is 0.668. The van der Waals surface area contributed by atoms with E-state index in [4.69, 9.17) is 37.4 Å². The standard InChI is InChI=1S/C19H15Cl2N3O4/c20-13-2-1-3-16(18(13)21)28-11-24-7-6-14(23-24)19(25)22-12-4-5-15-17(10-12)27-9-8-26-15/h1-7,10H,8-9,11H2,(H,22,25). The highest BCUT2D eigenvalue weighted by Crippen LogP contribution is 2.33. The first-order valence-corrected chi connectivity index (χ1v) is 9.17. The molecule has 7 nitrogen and oxygen atoms in total. The number of benzene rings is 2. The van der Waals surface area contributed by atoms with Crippen LogP contribution in [0.1, 0.15) is 10.5 Å². The number of aromatic nitrogens is 2. The Labute approximate surface area is 170 Å². The van der Waals surface area contributed by atoms with E-state index in [2.05, 4.69) is 10.4 Å². The average molecular weight is 420 g/mol. The molecule has 0 aliphatic carbocycles. The largest absolute Gasteiger partial charge is 0.486 e. The Hall–Kier alpha value is -2.90. The van der Waals surface area contributed by atoms with Crippen molar-refractivity contribution in [1.29, 1.82) is 0 Å². The van der Waals surface area contributed by atoms with Gasteiger partial charge in [-0.05, 0) is 30.3 Å². The van der Waals surface area contributed by atoms with E-state index in [1.54, 1.807) is 48.7 Å². The minimum Gasteiger partial charge on any atom is -0.486 e. The highest BCUT2D eigenvalue weighted by molar-refractivity contribution is 6.42. The zero-order chi connectivity index (χ0) is 19.5. The zero-order valence-corrected chi connectivity index (χ0v) is 16.0. The lowest BCUT2D eigenvalue weighted by Gasteiger charge is -2.18. The summed E-state index contributed by atoms with van der Waals surface area (Å²) in [6.07, 6.45) is 1.64. The molecule has 0 saturated heterocycles. The zero-order valence-electron chi connectivity index (χ0n) is 14.5. The van der Waals surface area contributed by atoms with E-state index in [9.17, 15) is 4.79 Å². The molecule has 2 heterocycles. The lowest BCUT2D eigenvalue weighted by molar-refractivity contribution is 0.102. The summed E-state index contributed by atoms with van der Waals surface area (Å²) in [7, 11) is 0. The van der Waals surface area contributed by atoms with Crippen LogP contribution < -0.4 is 19.5 Å². The fourth-order valence-electron chi connectivity index (χ4n) is 2.60. The Bertz CT molecular complexity index is 1020. The summed E-state index contributed by atoms with van der Waals surface area (Å²) in [6, 6.07) is 11.9. The molecule has 1 N–H and O–H groups in total. The number of carbonyl (C=O) groups is 1. The summed E-state index contributed by atoms with van der Waals surface area (Å²) < 4.78 is 18.1. The fourth-order valence-corrected chi connectivity index (χ4v) is 2.95. The highest BCUT2D eigenvalue weighted by atomic mass is 35.5. The Morgan fingerprint density at radius 1 is 1.14 bits per heavy atom. The van der Waals surface area contributed by atoms with E-state index in [0.717, 1.165) is 0 Å². The minimum absolute atomic E-state index is 0.0807. The molecule has 9 heteroatoms. The Morgan fingerprint density at radius 2 is 1.96 bits per heavy atom. The maximum atomic E-state index is 12.4. The summed E-state index contributed by atoms with van der Waals surface area (Å²) in [4.78, 5) is 12.4. The smallest absolute Gasteiger partial charge is 0.276 e. The molecule has 0 radical (unpaired) electrons. The van der Waals surface area contributed by atoms with Crippen molar-refractivity contribution in [1.82, 2.24) is 9.78 Å². The molecule has 0 spiro atoms. The van der Waals surface area contributed by atoms with Crippen LogP contribution in [0.5, 0.6) is 17.2 Å². The Balaban J connectivity index is 1.39. The van der Waals surface area contributed by atoms with Crippen LogP contribution in [0.25, 0.3) is 0 Å². The Kier molecular flexibility index (Phi) is 5.27. The van der Waals surface area contributed by atoms with Gasteiger partial charge in [0, 0.05) is 18.0 Å². The third kappa shape index (κ3) is 4.00. The number of rotatable bonds is 5. The highest BCUT2D eigenvalue weighted by Gasteiger charge is 2.15. The molecule has 0 fully saturated rings. The second-order valence-corrected chi connectivity index (χ2v) is 6.66. The first-order chi connectivity index (χ1) is 13.6. The molecule has 0 atom stereocenters. The first kappa shape index (κ1) is 18.5. The van der Waals surface area contributed by atoms with Crippen LogP contribution in [0, 0.1) is 0 Å². The van der Waals surface area contributed by atoms with Crippen molar-refractivity contribution in [2.24, 2.45) is 0 Å². The summed E-state index contributed by atoms with van der Waals surface area (Å²) >= 11 is 12.0. The molecule has 144 valence electrons. The molecular weight excluding hydrogens is 405 g/mol. The molecular formula is C19H15Cl2N3O4. The number of halogens is 2. The normalized spacial score (nSPS) is 12.5. The predicted octanol–water partition coefficient (Wildman–Crippen LogP) is 4.25. The van der Waals surface area contributed by atoms with Crippen molar-refractivity contribution in [3.63, 3.8) is 0 Å². The van der Waals surface area contributed by atoms with Crippen LogP contribution in [0.15, 0.2) is 48.7 Å². The van der Waals surface area contributed by atoms with Gasteiger partial charge in [0.2, 0.25) is 0 Å². The predicted molar refractivity (Wildman–Crippen MR) is 105 cm³/mol. The summed E-state index contributed by atoms with van der Waals surface area (Å²) in [5.41, 5.74) is 0.835. The van der Waals surface area contributed by atoms with Crippen molar-refractivity contribution in [2.75, 3.05) is 18.5 Å². The minimum atomic E-state index is -0.351. The van der Waals surface area contributed by atoms with E-state index in [1.807, 2.05) is 0 Å². The van der Waals surface area contributed by atoms with E-state index >= 15 is 0 Å². The van der Waals surface area contributed by atoms with E-state index in [-0.39, 0.29) is 18.3 Å². The van der Waals surface area contributed by atoms with Gasteiger partial charge in [-0.2, -0.15) is 5.10 Å². The maximum absolute atomic E-state index is 12.4. The third-order valence-corrected chi connectivity index (χ3v) is 4.74. The molecule has 0 bridgehead atoms.